The summed E-state index contributed by atoms with van der Waals surface area (Å²) in [7, 11) is 0. The first-order valence-corrected chi connectivity index (χ1v) is 7.89. The molecule has 122 valence electrons. The van der Waals surface area contributed by atoms with Crippen LogP contribution in [0.2, 0.25) is 0 Å². The number of amides is 1. The zero-order valence-corrected chi connectivity index (χ0v) is 13.9. The first-order valence-electron chi connectivity index (χ1n) is 7.89. The molecule has 0 aliphatic carbocycles. The van der Waals surface area contributed by atoms with Crippen LogP contribution in [-0.2, 0) is 4.79 Å². The van der Waals surface area contributed by atoms with Crippen molar-refractivity contribution in [3.05, 3.63) is 60.2 Å². The van der Waals surface area contributed by atoms with Crippen molar-refractivity contribution in [3.8, 4) is 5.75 Å². The minimum Gasteiger partial charge on any atom is -0.491 e. The Balaban J connectivity index is 1.80. The summed E-state index contributed by atoms with van der Waals surface area (Å²) in [5.74, 6) is 0.735. The third-order valence-electron chi connectivity index (χ3n) is 3.38. The molecule has 0 spiro atoms. The molecule has 0 bridgehead atoms. The Morgan fingerprint density at radius 1 is 1.00 bits per heavy atom. The highest BCUT2D eigenvalue weighted by Crippen LogP contribution is 2.17. The van der Waals surface area contributed by atoms with Crippen LogP contribution in [0.1, 0.15) is 32.4 Å². The van der Waals surface area contributed by atoms with E-state index in [4.69, 9.17) is 4.74 Å². The summed E-state index contributed by atoms with van der Waals surface area (Å²) in [6.45, 7) is 6.27. The van der Waals surface area contributed by atoms with Gasteiger partial charge >= 0.3 is 0 Å². The van der Waals surface area contributed by atoms with Crippen molar-refractivity contribution < 1.29 is 9.53 Å². The van der Waals surface area contributed by atoms with E-state index in [-0.39, 0.29) is 24.6 Å². The normalized spacial score (nSPS) is 12.0. The van der Waals surface area contributed by atoms with E-state index in [1.165, 1.54) is 0 Å². The van der Waals surface area contributed by atoms with Gasteiger partial charge in [0.15, 0.2) is 0 Å². The van der Waals surface area contributed by atoms with Gasteiger partial charge in [0.2, 0.25) is 5.91 Å². The fourth-order valence-electron chi connectivity index (χ4n) is 2.20. The summed E-state index contributed by atoms with van der Waals surface area (Å²) in [6.07, 6.45) is 0.138. The lowest BCUT2D eigenvalue weighted by atomic mass is 10.1. The maximum atomic E-state index is 12.0. The van der Waals surface area contributed by atoms with Crippen LogP contribution in [-0.4, -0.2) is 18.6 Å². The highest BCUT2D eigenvalue weighted by molar-refractivity contribution is 5.92. The molecule has 2 N–H and O–H groups in total. The fourth-order valence-corrected chi connectivity index (χ4v) is 2.20. The molecule has 0 saturated carbocycles. The van der Waals surface area contributed by atoms with Crippen molar-refractivity contribution in [1.82, 2.24) is 5.32 Å². The first-order chi connectivity index (χ1) is 11.0. The number of nitrogens with one attached hydrogen (secondary N) is 2. The molecule has 0 radical (unpaired) electrons. The molecule has 0 heterocycles. The van der Waals surface area contributed by atoms with Gasteiger partial charge in [-0.15, -0.1) is 0 Å². The summed E-state index contributed by atoms with van der Waals surface area (Å²) in [5.41, 5.74) is 1.93. The van der Waals surface area contributed by atoms with Gasteiger partial charge in [0, 0.05) is 11.7 Å². The molecule has 23 heavy (non-hydrogen) atoms. The van der Waals surface area contributed by atoms with Crippen molar-refractivity contribution in [2.45, 2.75) is 32.9 Å². The molecule has 0 aliphatic rings. The van der Waals surface area contributed by atoms with Crippen LogP contribution in [0.15, 0.2) is 54.6 Å². The van der Waals surface area contributed by atoms with E-state index in [0.29, 0.717) is 0 Å². The minimum absolute atomic E-state index is 0.0645. The molecule has 0 fully saturated rings. The maximum absolute atomic E-state index is 12.0. The van der Waals surface area contributed by atoms with Crippen LogP contribution in [0, 0.1) is 0 Å². The van der Waals surface area contributed by atoms with Gasteiger partial charge in [-0.3, -0.25) is 4.79 Å². The molecule has 2 aromatic rings. The average molecular weight is 312 g/mol. The molecule has 0 saturated heterocycles. The molecule has 4 nitrogen and oxygen atoms in total. The zero-order chi connectivity index (χ0) is 16.7. The Kier molecular flexibility index (Phi) is 6.18. The van der Waals surface area contributed by atoms with E-state index in [1.807, 2.05) is 75.4 Å². The second kappa shape index (κ2) is 8.34. The molecule has 1 atom stereocenters. The second-order valence-corrected chi connectivity index (χ2v) is 5.75. The van der Waals surface area contributed by atoms with Gasteiger partial charge in [0.05, 0.1) is 12.6 Å². The number of carbonyl (C=O) groups excluding carboxylic acids is 1. The van der Waals surface area contributed by atoms with Gasteiger partial charge in [-0.25, -0.2) is 0 Å². The predicted molar refractivity (Wildman–Crippen MR) is 93.7 cm³/mol. The van der Waals surface area contributed by atoms with Crippen molar-refractivity contribution in [3.63, 3.8) is 0 Å². The number of hydrogen-bond acceptors (Lipinski definition) is 3. The van der Waals surface area contributed by atoms with Gasteiger partial charge in [-0.2, -0.15) is 0 Å². The maximum Gasteiger partial charge on any atom is 0.238 e. The molecule has 1 unspecified atom stereocenters. The number of rotatable bonds is 7. The zero-order valence-electron chi connectivity index (χ0n) is 13.9. The smallest absolute Gasteiger partial charge is 0.238 e. The number of benzene rings is 2. The molecular weight excluding hydrogens is 288 g/mol. The molecular formula is C19H24N2O2. The first kappa shape index (κ1) is 17.0. The Bertz CT molecular complexity index is 609. The van der Waals surface area contributed by atoms with E-state index in [0.717, 1.165) is 17.0 Å². The van der Waals surface area contributed by atoms with Crippen molar-refractivity contribution >= 4 is 11.6 Å². The third kappa shape index (κ3) is 5.75. The monoisotopic (exact) mass is 312 g/mol. The van der Waals surface area contributed by atoms with Gasteiger partial charge in [-0.1, -0.05) is 30.3 Å². The SMILES string of the molecule is CC(C)Oc1ccc(NC(=O)CNC(C)c2ccccc2)cc1. The van der Waals surface area contributed by atoms with Crippen LogP contribution in [0.3, 0.4) is 0 Å². The number of carbonyl (C=O) groups is 1. The van der Waals surface area contributed by atoms with Gasteiger partial charge in [0.25, 0.3) is 0 Å². The second-order valence-electron chi connectivity index (χ2n) is 5.75. The highest BCUT2D eigenvalue weighted by Gasteiger charge is 2.07. The Labute approximate surface area is 137 Å². The van der Waals surface area contributed by atoms with Crippen LogP contribution in [0.25, 0.3) is 0 Å². The van der Waals surface area contributed by atoms with E-state index >= 15 is 0 Å². The van der Waals surface area contributed by atoms with Gasteiger partial charge in [-0.05, 0) is 50.6 Å². The number of ether oxygens (including phenoxy) is 1. The third-order valence-corrected chi connectivity index (χ3v) is 3.38. The largest absolute Gasteiger partial charge is 0.491 e. The Morgan fingerprint density at radius 3 is 2.26 bits per heavy atom. The summed E-state index contributed by atoms with van der Waals surface area (Å²) >= 11 is 0. The van der Waals surface area contributed by atoms with Crippen molar-refractivity contribution in [2.75, 3.05) is 11.9 Å². The lowest BCUT2D eigenvalue weighted by molar-refractivity contribution is -0.115. The summed E-state index contributed by atoms with van der Waals surface area (Å²) in [5, 5.41) is 6.09. The molecule has 2 rings (SSSR count). The number of anilines is 1. The quantitative estimate of drug-likeness (QED) is 0.818. The Hall–Kier alpha value is -2.33. The molecule has 0 aliphatic heterocycles. The van der Waals surface area contributed by atoms with Crippen molar-refractivity contribution in [1.29, 1.82) is 0 Å². The minimum atomic E-state index is -0.0645. The molecule has 4 heteroatoms. The Morgan fingerprint density at radius 2 is 1.65 bits per heavy atom. The predicted octanol–water partition coefficient (Wildman–Crippen LogP) is 3.76. The van der Waals surface area contributed by atoms with E-state index in [9.17, 15) is 4.79 Å². The topological polar surface area (TPSA) is 50.4 Å². The lowest BCUT2D eigenvalue weighted by Crippen LogP contribution is -2.30. The van der Waals surface area contributed by atoms with Gasteiger partial charge < -0.3 is 15.4 Å². The van der Waals surface area contributed by atoms with Crippen LogP contribution in [0.4, 0.5) is 5.69 Å². The van der Waals surface area contributed by atoms with Crippen LogP contribution in [0.5, 0.6) is 5.75 Å². The lowest BCUT2D eigenvalue weighted by Gasteiger charge is -2.14. The van der Waals surface area contributed by atoms with Crippen LogP contribution >= 0.6 is 0 Å². The summed E-state index contributed by atoms with van der Waals surface area (Å²) < 4.78 is 5.58. The molecule has 0 aromatic heterocycles. The summed E-state index contributed by atoms with van der Waals surface area (Å²) in [4.78, 5) is 12.0. The summed E-state index contributed by atoms with van der Waals surface area (Å²) in [6, 6.07) is 17.6. The molecule has 2 aromatic carbocycles. The van der Waals surface area contributed by atoms with Gasteiger partial charge in [0.1, 0.15) is 5.75 Å². The molecule has 1 amide bonds. The highest BCUT2D eigenvalue weighted by atomic mass is 16.5. The van der Waals surface area contributed by atoms with Crippen LogP contribution < -0.4 is 15.4 Å². The van der Waals surface area contributed by atoms with E-state index in [1.54, 1.807) is 0 Å². The fraction of sp³-hybridized carbons (Fsp3) is 0.316. The van der Waals surface area contributed by atoms with Crippen molar-refractivity contribution in [2.24, 2.45) is 0 Å². The number of hydrogen-bond donors (Lipinski definition) is 2. The van der Waals surface area contributed by atoms with E-state index in [2.05, 4.69) is 10.6 Å². The average Bonchev–Trinajstić information content (AvgIpc) is 2.55. The standard InChI is InChI=1S/C19H24N2O2/c1-14(2)23-18-11-9-17(10-12-18)21-19(22)13-20-15(3)16-7-5-4-6-8-16/h4-12,14-15,20H,13H2,1-3H3,(H,21,22). The van der Waals surface area contributed by atoms with E-state index < -0.39 is 0 Å².